The van der Waals surface area contributed by atoms with Crippen molar-refractivity contribution in [2.75, 3.05) is 99.9 Å². The molecule has 0 bridgehead atoms. The molecule has 0 spiro atoms. The van der Waals surface area contributed by atoms with Crippen molar-refractivity contribution < 1.29 is 48.0 Å². The lowest BCUT2D eigenvalue weighted by Crippen LogP contribution is -2.56. The summed E-state index contributed by atoms with van der Waals surface area (Å²) in [4.78, 5) is 67.7. The van der Waals surface area contributed by atoms with Gasteiger partial charge in [-0.05, 0) is 0 Å². The van der Waals surface area contributed by atoms with Gasteiger partial charge in [-0.2, -0.15) is 0 Å². The summed E-state index contributed by atoms with van der Waals surface area (Å²) in [6.07, 6.45) is -0.699. The zero-order valence-corrected chi connectivity index (χ0v) is 23.1. The third-order valence-electron chi connectivity index (χ3n) is 6.88. The third kappa shape index (κ3) is 10.7. The molecule has 0 aliphatic carbocycles. The maximum Gasteiger partial charge on any atom is 0.322 e. The van der Waals surface area contributed by atoms with Gasteiger partial charge in [0.25, 0.3) is 0 Å². The lowest BCUT2D eigenvalue weighted by molar-refractivity contribution is -0.151. The standard InChI is InChI=1S/C24H41N5O10/c1-17(30)39-18-13-25-22(24(34)35)23(18)29-11-9-27(15-20(32)37-3)7-5-26(14-19(31)36-2)6-8-28(10-12-29)16-21(33)38-4/h18,22-23,25H,5-16H2,1-4H3,(H,34,35). The Balaban J connectivity index is 2.35. The average Bonchev–Trinajstić information content (AvgIpc) is 3.30. The topological polar surface area (TPSA) is 167 Å². The molecule has 2 rings (SSSR count). The minimum atomic E-state index is -1.07. The van der Waals surface area contributed by atoms with Gasteiger partial charge in [0.1, 0.15) is 12.1 Å². The molecule has 2 aliphatic heterocycles. The average molecular weight is 560 g/mol. The Kier molecular flexibility index (Phi) is 13.5. The summed E-state index contributed by atoms with van der Waals surface area (Å²) < 4.78 is 20.0. The largest absolute Gasteiger partial charge is 0.480 e. The lowest BCUT2D eigenvalue weighted by Gasteiger charge is -2.38. The summed E-state index contributed by atoms with van der Waals surface area (Å²) in [5.74, 6) is -2.85. The van der Waals surface area contributed by atoms with Crippen LogP contribution in [0.15, 0.2) is 0 Å². The zero-order valence-electron chi connectivity index (χ0n) is 23.1. The summed E-state index contributed by atoms with van der Waals surface area (Å²) in [6.45, 7) is 4.60. The van der Waals surface area contributed by atoms with E-state index in [0.29, 0.717) is 52.4 Å². The Bertz CT molecular complexity index is 825. The third-order valence-corrected chi connectivity index (χ3v) is 6.88. The Hall–Kier alpha value is -2.85. The van der Waals surface area contributed by atoms with E-state index in [1.54, 1.807) is 0 Å². The number of hydrogen-bond donors (Lipinski definition) is 2. The van der Waals surface area contributed by atoms with Crippen molar-refractivity contribution in [2.24, 2.45) is 0 Å². The highest BCUT2D eigenvalue weighted by Crippen LogP contribution is 2.20. The minimum Gasteiger partial charge on any atom is -0.480 e. The second-order valence-corrected chi connectivity index (χ2v) is 9.46. The Morgan fingerprint density at radius 2 is 1.10 bits per heavy atom. The first-order valence-corrected chi connectivity index (χ1v) is 12.8. The van der Waals surface area contributed by atoms with Crippen molar-refractivity contribution in [3.05, 3.63) is 0 Å². The van der Waals surface area contributed by atoms with Gasteiger partial charge in [-0.1, -0.05) is 0 Å². The van der Waals surface area contributed by atoms with E-state index in [4.69, 9.17) is 18.9 Å². The Morgan fingerprint density at radius 3 is 1.44 bits per heavy atom. The number of carboxylic acid groups (broad SMARTS) is 1. The highest BCUT2D eigenvalue weighted by Gasteiger charge is 2.45. The molecule has 0 saturated carbocycles. The quantitative estimate of drug-likeness (QED) is 0.218. The van der Waals surface area contributed by atoms with Crippen LogP contribution in [0, 0.1) is 0 Å². The van der Waals surface area contributed by atoms with Gasteiger partial charge < -0.3 is 24.1 Å². The van der Waals surface area contributed by atoms with E-state index in [1.807, 2.05) is 19.6 Å². The van der Waals surface area contributed by atoms with E-state index in [9.17, 15) is 29.1 Å². The number of ether oxygens (including phenoxy) is 4. The first-order valence-electron chi connectivity index (χ1n) is 12.8. The molecule has 0 aromatic heterocycles. The van der Waals surface area contributed by atoms with Gasteiger partial charge in [0.15, 0.2) is 0 Å². The van der Waals surface area contributed by atoms with Crippen LogP contribution in [0.4, 0.5) is 0 Å². The van der Waals surface area contributed by atoms with Crippen LogP contribution in [0.2, 0.25) is 0 Å². The number of carbonyl (C=O) groups excluding carboxylic acids is 4. The molecule has 2 heterocycles. The molecule has 3 atom stereocenters. The van der Waals surface area contributed by atoms with Gasteiger partial charge in [-0.3, -0.25) is 48.9 Å². The fourth-order valence-corrected chi connectivity index (χ4v) is 4.77. The van der Waals surface area contributed by atoms with E-state index in [1.165, 1.54) is 28.3 Å². The molecule has 0 amide bonds. The monoisotopic (exact) mass is 559 g/mol. The second kappa shape index (κ2) is 16.3. The second-order valence-electron chi connectivity index (χ2n) is 9.46. The molecule has 39 heavy (non-hydrogen) atoms. The predicted octanol–water partition coefficient (Wildman–Crippen LogP) is -2.92. The van der Waals surface area contributed by atoms with Gasteiger partial charge in [0.2, 0.25) is 0 Å². The number of methoxy groups -OCH3 is 3. The van der Waals surface area contributed by atoms with Crippen molar-refractivity contribution in [3.63, 3.8) is 0 Å². The van der Waals surface area contributed by atoms with Crippen LogP contribution in [0.5, 0.6) is 0 Å². The molecule has 15 nitrogen and oxygen atoms in total. The number of hydrogen-bond acceptors (Lipinski definition) is 14. The molecule has 0 radical (unpaired) electrons. The summed E-state index contributed by atoms with van der Waals surface area (Å²) in [5, 5.41) is 12.8. The van der Waals surface area contributed by atoms with E-state index in [-0.39, 0.29) is 26.2 Å². The smallest absolute Gasteiger partial charge is 0.322 e. The van der Waals surface area contributed by atoms with Gasteiger partial charge >= 0.3 is 29.8 Å². The van der Waals surface area contributed by atoms with E-state index >= 15 is 0 Å². The van der Waals surface area contributed by atoms with Crippen LogP contribution in [-0.2, 0) is 42.9 Å². The zero-order chi connectivity index (χ0) is 28.9. The molecule has 0 aromatic rings. The highest BCUT2D eigenvalue weighted by molar-refractivity contribution is 5.76. The van der Waals surface area contributed by atoms with Crippen molar-refractivity contribution in [2.45, 2.75) is 25.1 Å². The van der Waals surface area contributed by atoms with Crippen LogP contribution in [0.3, 0.4) is 0 Å². The van der Waals surface area contributed by atoms with Gasteiger partial charge in [-0.15, -0.1) is 0 Å². The SMILES string of the molecule is COC(=O)CN1CCN(CC(=O)OC)CCN(C2C(OC(C)=O)CNC2C(=O)O)CCN(CC(=O)OC)CC1. The lowest BCUT2D eigenvalue weighted by atomic mass is 10.0. The number of carboxylic acids is 1. The van der Waals surface area contributed by atoms with Crippen LogP contribution < -0.4 is 5.32 Å². The molecule has 3 unspecified atom stereocenters. The van der Waals surface area contributed by atoms with Gasteiger partial charge in [-0.25, -0.2) is 0 Å². The van der Waals surface area contributed by atoms with Gasteiger partial charge in [0, 0.05) is 65.8 Å². The predicted molar refractivity (Wildman–Crippen MR) is 136 cm³/mol. The molecular formula is C24H41N5O10. The molecule has 15 heteroatoms. The number of aliphatic carboxylic acids is 1. The summed E-state index contributed by atoms with van der Waals surface area (Å²) in [7, 11) is 3.91. The molecule has 222 valence electrons. The van der Waals surface area contributed by atoms with E-state index < -0.39 is 48.0 Å². The number of carbonyl (C=O) groups is 5. The summed E-state index contributed by atoms with van der Waals surface area (Å²) in [5.41, 5.74) is 0. The van der Waals surface area contributed by atoms with E-state index in [0.717, 1.165) is 0 Å². The number of nitrogens with one attached hydrogen (secondary N) is 1. The fourth-order valence-electron chi connectivity index (χ4n) is 4.77. The fraction of sp³-hybridized carbons (Fsp3) is 0.792. The van der Waals surface area contributed by atoms with Crippen molar-refractivity contribution in [1.82, 2.24) is 24.9 Å². The maximum absolute atomic E-state index is 12.1. The van der Waals surface area contributed by atoms with Crippen LogP contribution in [-0.4, -0.2) is 173 Å². The van der Waals surface area contributed by atoms with Crippen LogP contribution in [0.1, 0.15) is 6.92 Å². The first-order chi connectivity index (χ1) is 18.6. The Labute approximate surface area is 228 Å². The van der Waals surface area contributed by atoms with Crippen molar-refractivity contribution in [3.8, 4) is 0 Å². The number of rotatable bonds is 9. The number of nitrogens with zero attached hydrogens (tertiary/aromatic N) is 4. The molecule has 2 fully saturated rings. The van der Waals surface area contributed by atoms with Gasteiger partial charge in [0.05, 0.1) is 47.0 Å². The Morgan fingerprint density at radius 1 is 0.718 bits per heavy atom. The number of esters is 4. The van der Waals surface area contributed by atoms with E-state index in [2.05, 4.69) is 5.32 Å². The highest BCUT2D eigenvalue weighted by atomic mass is 16.5. The minimum absolute atomic E-state index is 0.00349. The van der Waals surface area contributed by atoms with Crippen molar-refractivity contribution in [1.29, 1.82) is 0 Å². The maximum atomic E-state index is 12.1. The first kappa shape index (κ1) is 32.4. The molecule has 0 aromatic carbocycles. The van der Waals surface area contributed by atoms with Crippen LogP contribution >= 0.6 is 0 Å². The van der Waals surface area contributed by atoms with Crippen LogP contribution in [0.25, 0.3) is 0 Å². The summed E-state index contributed by atoms with van der Waals surface area (Å²) >= 11 is 0. The summed E-state index contributed by atoms with van der Waals surface area (Å²) in [6, 6.07) is -1.66. The molecule has 2 N–H and O–H groups in total. The molecule has 2 saturated heterocycles. The molecular weight excluding hydrogens is 518 g/mol. The van der Waals surface area contributed by atoms with Crippen molar-refractivity contribution >= 4 is 29.8 Å². The normalized spacial score (nSPS) is 24.7. The molecule has 2 aliphatic rings.